The molecule has 1 atom stereocenters. The van der Waals surface area contributed by atoms with Crippen molar-refractivity contribution in [1.29, 1.82) is 0 Å². The van der Waals surface area contributed by atoms with Gasteiger partial charge in [0.15, 0.2) is 0 Å². The monoisotopic (exact) mass is 301 g/mol. The fraction of sp³-hybridized carbons (Fsp3) is 1.00. The molecule has 2 rings (SSSR count). The predicted octanol–water partition coefficient (Wildman–Crippen LogP) is 3.23. The third-order valence-corrected chi connectivity index (χ3v) is 5.30. The molecule has 2 aliphatic heterocycles. The van der Waals surface area contributed by atoms with Gasteiger partial charge in [0.05, 0.1) is 5.60 Å². The van der Waals surface area contributed by atoms with Gasteiger partial charge in [0.1, 0.15) is 0 Å². The molecule has 0 aromatic carbocycles. The molecule has 20 heavy (non-hydrogen) atoms. The van der Waals surface area contributed by atoms with E-state index in [1.54, 1.807) is 0 Å². The highest BCUT2D eigenvalue weighted by Gasteiger charge is 2.38. The number of hydrogen-bond acceptors (Lipinski definition) is 4. The van der Waals surface area contributed by atoms with E-state index in [-0.39, 0.29) is 5.60 Å². The van der Waals surface area contributed by atoms with Crippen molar-refractivity contribution in [3.63, 3.8) is 0 Å². The fourth-order valence-corrected chi connectivity index (χ4v) is 3.82. The Morgan fingerprint density at radius 3 is 2.70 bits per heavy atom. The average molecular weight is 301 g/mol. The molecule has 2 aliphatic rings. The first-order valence-corrected chi connectivity index (χ1v) is 9.68. The van der Waals surface area contributed by atoms with Crippen LogP contribution in [0.4, 0.5) is 0 Å². The van der Waals surface area contributed by atoms with Crippen molar-refractivity contribution >= 4 is 11.8 Å². The highest BCUT2D eigenvalue weighted by atomic mass is 32.2. The summed E-state index contributed by atoms with van der Waals surface area (Å²) in [5, 5.41) is 3.76. The molecule has 4 heteroatoms. The highest BCUT2D eigenvalue weighted by Crippen LogP contribution is 2.34. The third kappa shape index (κ3) is 5.55. The first-order chi connectivity index (χ1) is 9.85. The number of hydrogen-bond donors (Lipinski definition) is 1. The Kier molecular flexibility index (Phi) is 7.71. The van der Waals surface area contributed by atoms with Gasteiger partial charge in [-0.15, -0.1) is 0 Å². The van der Waals surface area contributed by atoms with E-state index < -0.39 is 0 Å². The van der Waals surface area contributed by atoms with Gasteiger partial charge in [0.2, 0.25) is 0 Å². The molecule has 118 valence electrons. The molecule has 1 unspecified atom stereocenters. The summed E-state index contributed by atoms with van der Waals surface area (Å²) in [5.41, 5.74) is 0.131. The van der Waals surface area contributed by atoms with Gasteiger partial charge in [-0.2, -0.15) is 11.8 Å². The molecule has 1 N–H and O–H groups in total. The summed E-state index contributed by atoms with van der Waals surface area (Å²) in [6, 6.07) is 0.660. The zero-order valence-corrected chi connectivity index (χ0v) is 13.8. The van der Waals surface area contributed by atoms with Crippen LogP contribution in [-0.4, -0.2) is 50.0 Å². The molecule has 0 amide bonds. The van der Waals surface area contributed by atoms with E-state index in [0.29, 0.717) is 6.04 Å². The van der Waals surface area contributed by atoms with Gasteiger partial charge >= 0.3 is 0 Å². The summed E-state index contributed by atoms with van der Waals surface area (Å²) in [4.78, 5) is 0. The van der Waals surface area contributed by atoms with E-state index >= 15 is 0 Å². The lowest BCUT2D eigenvalue weighted by molar-refractivity contribution is -0.140. The standard InChI is InChI=1S/C16H31NO2S/c1-20-13-5-3-2-4-9-17-15-6-10-19-16(14-15)7-11-18-12-8-16/h15,17H,2-14H2,1H3. The largest absolute Gasteiger partial charge is 0.381 e. The van der Waals surface area contributed by atoms with Crippen molar-refractivity contribution in [3.8, 4) is 0 Å². The van der Waals surface area contributed by atoms with E-state index in [0.717, 1.165) is 32.7 Å². The molecule has 0 aliphatic carbocycles. The molecule has 0 radical (unpaired) electrons. The van der Waals surface area contributed by atoms with Crippen molar-refractivity contribution in [3.05, 3.63) is 0 Å². The summed E-state index contributed by atoms with van der Waals surface area (Å²) >= 11 is 1.96. The van der Waals surface area contributed by atoms with Crippen LogP contribution in [-0.2, 0) is 9.47 Å². The van der Waals surface area contributed by atoms with Gasteiger partial charge in [-0.1, -0.05) is 12.8 Å². The molecule has 2 saturated heterocycles. The summed E-state index contributed by atoms with van der Waals surface area (Å²) in [5.74, 6) is 1.32. The normalized spacial score (nSPS) is 25.9. The highest BCUT2D eigenvalue weighted by molar-refractivity contribution is 7.98. The average Bonchev–Trinajstić information content (AvgIpc) is 2.47. The zero-order chi connectivity index (χ0) is 14.1. The van der Waals surface area contributed by atoms with Crippen LogP contribution in [0.2, 0.25) is 0 Å². The van der Waals surface area contributed by atoms with E-state index in [1.807, 2.05) is 11.8 Å². The molecule has 0 aromatic heterocycles. The lowest BCUT2D eigenvalue weighted by Gasteiger charge is -2.43. The lowest BCUT2D eigenvalue weighted by atomic mass is 9.84. The fourth-order valence-electron chi connectivity index (χ4n) is 3.32. The van der Waals surface area contributed by atoms with Gasteiger partial charge in [0, 0.05) is 25.9 Å². The molecule has 2 heterocycles. The molecule has 0 saturated carbocycles. The Morgan fingerprint density at radius 1 is 1.10 bits per heavy atom. The third-order valence-electron chi connectivity index (χ3n) is 4.61. The van der Waals surface area contributed by atoms with Crippen LogP contribution in [0.25, 0.3) is 0 Å². The van der Waals surface area contributed by atoms with Crippen molar-refractivity contribution in [1.82, 2.24) is 5.32 Å². The zero-order valence-electron chi connectivity index (χ0n) is 13.0. The van der Waals surface area contributed by atoms with Gasteiger partial charge in [-0.3, -0.25) is 0 Å². The number of thioether (sulfide) groups is 1. The minimum absolute atomic E-state index is 0.131. The van der Waals surface area contributed by atoms with Crippen LogP contribution in [0.1, 0.15) is 51.4 Å². The maximum absolute atomic E-state index is 6.09. The van der Waals surface area contributed by atoms with Gasteiger partial charge in [0.25, 0.3) is 0 Å². The molecule has 0 aromatic rings. The lowest BCUT2D eigenvalue weighted by Crippen LogP contribution is -2.50. The Hall–Kier alpha value is 0.230. The van der Waals surface area contributed by atoms with Gasteiger partial charge in [-0.25, -0.2) is 0 Å². The van der Waals surface area contributed by atoms with E-state index in [4.69, 9.17) is 9.47 Å². The summed E-state index contributed by atoms with van der Waals surface area (Å²) in [7, 11) is 0. The second kappa shape index (κ2) is 9.29. The second-order valence-electron chi connectivity index (χ2n) is 6.19. The number of nitrogens with one attached hydrogen (secondary N) is 1. The summed E-state index contributed by atoms with van der Waals surface area (Å²) < 4.78 is 11.6. The predicted molar refractivity (Wildman–Crippen MR) is 86.6 cm³/mol. The maximum atomic E-state index is 6.09. The first kappa shape index (κ1) is 16.6. The maximum Gasteiger partial charge on any atom is 0.0741 e. The Bertz CT molecular complexity index is 251. The van der Waals surface area contributed by atoms with E-state index in [2.05, 4.69) is 11.6 Å². The SMILES string of the molecule is CSCCCCCCNC1CCOC2(CCOCC2)C1. The topological polar surface area (TPSA) is 30.5 Å². The van der Waals surface area contributed by atoms with Crippen LogP contribution in [0, 0.1) is 0 Å². The Morgan fingerprint density at radius 2 is 1.90 bits per heavy atom. The quantitative estimate of drug-likeness (QED) is 0.697. The Labute approximate surface area is 128 Å². The van der Waals surface area contributed by atoms with Gasteiger partial charge < -0.3 is 14.8 Å². The van der Waals surface area contributed by atoms with Crippen molar-refractivity contribution < 1.29 is 9.47 Å². The van der Waals surface area contributed by atoms with Crippen LogP contribution >= 0.6 is 11.8 Å². The van der Waals surface area contributed by atoms with Crippen LogP contribution < -0.4 is 5.32 Å². The van der Waals surface area contributed by atoms with Crippen molar-refractivity contribution in [2.45, 2.75) is 63.0 Å². The van der Waals surface area contributed by atoms with Crippen molar-refractivity contribution in [2.75, 3.05) is 38.4 Å². The molecule has 2 fully saturated rings. The molecule has 0 bridgehead atoms. The minimum Gasteiger partial charge on any atom is -0.381 e. The van der Waals surface area contributed by atoms with Gasteiger partial charge in [-0.05, 0) is 57.1 Å². The second-order valence-corrected chi connectivity index (χ2v) is 7.18. The Balaban J connectivity index is 1.56. The molecular formula is C16H31NO2S. The van der Waals surface area contributed by atoms with Crippen LogP contribution in [0.3, 0.4) is 0 Å². The molecule has 3 nitrogen and oxygen atoms in total. The molecule has 1 spiro atoms. The molecular weight excluding hydrogens is 270 g/mol. The number of unbranched alkanes of at least 4 members (excludes halogenated alkanes) is 3. The van der Waals surface area contributed by atoms with E-state index in [9.17, 15) is 0 Å². The minimum atomic E-state index is 0.131. The smallest absolute Gasteiger partial charge is 0.0741 e. The van der Waals surface area contributed by atoms with Crippen LogP contribution in [0.5, 0.6) is 0 Å². The van der Waals surface area contributed by atoms with E-state index in [1.165, 1.54) is 50.8 Å². The first-order valence-electron chi connectivity index (χ1n) is 8.29. The van der Waals surface area contributed by atoms with Crippen LogP contribution in [0.15, 0.2) is 0 Å². The number of ether oxygens (including phenoxy) is 2. The summed E-state index contributed by atoms with van der Waals surface area (Å²) in [6.45, 7) is 3.85. The summed E-state index contributed by atoms with van der Waals surface area (Å²) in [6.07, 6.45) is 12.2. The van der Waals surface area contributed by atoms with Crippen molar-refractivity contribution in [2.24, 2.45) is 0 Å². The number of rotatable bonds is 8.